The second-order valence-electron chi connectivity index (χ2n) is 5.76. The Morgan fingerprint density at radius 2 is 1.68 bits per heavy atom. The number of halogens is 1. The molecule has 4 heteroatoms. The zero-order valence-electron chi connectivity index (χ0n) is 12.5. The average Bonchev–Trinajstić information content (AvgIpc) is 3.20. The quantitative estimate of drug-likeness (QED) is 0.573. The Balaban J connectivity index is 1.62. The summed E-state index contributed by atoms with van der Waals surface area (Å²) >= 11 is 2.34. The van der Waals surface area contributed by atoms with E-state index < -0.39 is 0 Å². The first-order chi connectivity index (χ1) is 10.7. The average molecular weight is 404 g/mol. The van der Waals surface area contributed by atoms with Gasteiger partial charge in [-0.25, -0.2) is 0 Å². The fourth-order valence-electron chi connectivity index (χ4n) is 3.37. The Labute approximate surface area is 144 Å². The van der Waals surface area contributed by atoms with Crippen LogP contribution in [0, 0.1) is 3.57 Å². The van der Waals surface area contributed by atoms with Crippen molar-refractivity contribution >= 4 is 28.3 Å². The second kappa shape index (κ2) is 5.35. The van der Waals surface area contributed by atoms with Crippen LogP contribution in [0.1, 0.15) is 24.1 Å². The lowest BCUT2D eigenvalue weighted by molar-refractivity contribution is 0.412. The van der Waals surface area contributed by atoms with Crippen molar-refractivity contribution in [3.05, 3.63) is 63.2 Å². The third-order valence-corrected chi connectivity index (χ3v) is 5.21. The van der Waals surface area contributed by atoms with Crippen LogP contribution < -0.4 is 4.74 Å². The first-order valence-electron chi connectivity index (χ1n) is 7.44. The molecule has 0 aliphatic carbocycles. The van der Waals surface area contributed by atoms with Crippen LogP contribution in [0.4, 0.5) is 0 Å². The zero-order chi connectivity index (χ0) is 15.3. The number of methoxy groups -OCH3 is 1. The van der Waals surface area contributed by atoms with Gasteiger partial charge in [0.2, 0.25) is 0 Å². The Morgan fingerprint density at radius 1 is 1.00 bits per heavy atom. The third kappa shape index (κ3) is 2.25. The van der Waals surface area contributed by atoms with E-state index in [0.717, 1.165) is 5.75 Å². The molecular formula is C18H17IN2O. The maximum atomic E-state index is 5.25. The molecule has 112 valence electrons. The van der Waals surface area contributed by atoms with E-state index in [1.165, 1.54) is 20.4 Å². The molecule has 3 nitrogen and oxygen atoms in total. The van der Waals surface area contributed by atoms with Crippen LogP contribution in [0.25, 0.3) is 0 Å². The van der Waals surface area contributed by atoms with Crippen LogP contribution in [-0.2, 0) is 0 Å². The van der Waals surface area contributed by atoms with Gasteiger partial charge >= 0.3 is 0 Å². The van der Waals surface area contributed by atoms with Crippen molar-refractivity contribution in [2.24, 2.45) is 4.99 Å². The van der Waals surface area contributed by atoms with Crippen LogP contribution in [0.15, 0.2) is 53.5 Å². The van der Waals surface area contributed by atoms with Gasteiger partial charge in [-0.05, 0) is 64.9 Å². The molecule has 22 heavy (non-hydrogen) atoms. The van der Waals surface area contributed by atoms with Crippen molar-refractivity contribution in [3.8, 4) is 5.75 Å². The first-order valence-corrected chi connectivity index (χ1v) is 8.52. The van der Waals surface area contributed by atoms with E-state index in [9.17, 15) is 0 Å². The second-order valence-corrected chi connectivity index (χ2v) is 7.01. The van der Waals surface area contributed by atoms with Crippen molar-refractivity contribution in [3.63, 3.8) is 0 Å². The van der Waals surface area contributed by atoms with Crippen LogP contribution in [0.5, 0.6) is 5.75 Å². The molecule has 2 aromatic rings. The van der Waals surface area contributed by atoms with E-state index in [-0.39, 0.29) is 6.17 Å². The minimum atomic E-state index is 0.256. The van der Waals surface area contributed by atoms with Gasteiger partial charge in [0.1, 0.15) is 11.9 Å². The van der Waals surface area contributed by atoms with Gasteiger partial charge in [0.25, 0.3) is 0 Å². The van der Waals surface area contributed by atoms with Gasteiger partial charge in [-0.1, -0.05) is 24.3 Å². The summed E-state index contributed by atoms with van der Waals surface area (Å²) in [4.78, 5) is 7.31. The molecule has 0 bridgehead atoms. The molecule has 0 spiro atoms. The Kier molecular flexibility index (Phi) is 3.46. The molecule has 4 rings (SSSR count). The van der Waals surface area contributed by atoms with Crippen molar-refractivity contribution in [2.45, 2.75) is 25.2 Å². The lowest BCUT2D eigenvalue weighted by Crippen LogP contribution is -2.09. The number of aliphatic imine (C=N–C) groups is 1. The highest BCUT2D eigenvalue weighted by atomic mass is 127. The van der Waals surface area contributed by atoms with E-state index in [2.05, 4.69) is 70.8 Å². The highest BCUT2D eigenvalue weighted by molar-refractivity contribution is 14.1. The van der Waals surface area contributed by atoms with Gasteiger partial charge in [-0.3, -0.25) is 9.89 Å². The number of hydrogen-bond donors (Lipinski definition) is 0. The summed E-state index contributed by atoms with van der Waals surface area (Å²) in [6, 6.07) is 17.9. The number of rotatable bonds is 3. The zero-order valence-corrected chi connectivity index (χ0v) is 14.7. The van der Waals surface area contributed by atoms with E-state index in [1.54, 1.807) is 7.11 Å². The normalized spacial score (nSPS) is 29.0. The van der Waals surface area contributed by atoms with E-state index in [0.29, 0.717) is 12.1 Å². The van der Waals surface area contributed by atoms with E-state index >= 15 is 0 Å². The number of nitrogens with zero attached hydrogens (tertiary/aromatic N) is 2. The summed E-state index contributed by atoms with van der Waals surface area (Å²) in [5.74, 6) is 0.907. The van der Waals surface area contributed by atoms with Gasteiger partial charge in [0.15, 0.2) is 0 Å². The standard InChI is InChI=1S/C18H17IN2O/c1-11-20-16(12-3-7-14(19)8-4-12)18-17(21(11)18)13-5-9-15(22-2)10-6-13/h3-11,17-18H,1-2H3/t11-,17-,18+,21?/m1/s1. The lowest BCUT2D eigenvalue weighted by Gasteiger charge is -2.09. The first kappa shape index (κ1) is 14.2. The molecule has 0 aromatic heterocycles. The van der Waals surface area contributed by atoms with E-state index in [4.69, 9.17) is 9.73 Å². The molecule has 0 saturated carbocycles. The molecule has 1 unspecified atom stereocenters. The summed E-state index contributed by atoms with van der Waals surface area (Å²) in [6.07, 6.45) is 0.256. The molecule has 1 fully saturated rings. The highest BCUT2D eigenvalue weighted by Gasteiger charge is 2.57. The predicted molar refractivity (Wildman–Crippen MR) is 96.5 cm³/mol. The summed E-state index contributed by atoms with van der Waals surface area (Å²) in [5, 5.41) is 0. The van der Waals surface area contributed by atoms with Crippen molar-refractivity contribution in [2.75, 3.05) is 7.11 Å². The molecule has 2 aromatic carbocycles. The maximum Gasteiger partial charge on any atom is 0.118 e. The molecule has 2 aliphatic rings. The number of ether oxygens (including phenoxy) is 1. The summed E-state index contributed by atoms with van der Waals surface area (Å²) in [6.45, 7) is 2.18. The fraction of sp³-hybridized carbons (Fsp3) is 0.278. The smallest absolute Gasteiger partial charge is 0.118 e. The topological polar surface area (TPSA) is 24.6 Å². The Hall–Kier alpha value is -1.40. The predicted octanol–water partition coefficient (Wildman–Crippen LogP) is 3.87. The SMILES string of the molecule is COc1ccc([C@@H]2[C@@H]3C(c4ccc(I)cc4)=N[C@@H](C)N23)cc1. The van der Waals surface area contributed by atoms with Crippen LogP contribution in [0.3, 0.4) is 0 Å². The summed E-state index contributed by atoms with van der Waals surface area (Å²) in [5.41, 5.74) is 3.82. The highest BCUT2D eigenvalue weighted by Crippen LogP contribution is 2.50. The molecule has 0 N–H and O–H groups in total. The van der Waals surface area contributed by atoms with Gasteiger partial charge in [0.05, 0.1) is 24.9 Å². The van der Waals surface area contributed by atoms with Gasteiger partial charge in [0, 0.05) is 3.57 Å². The van der Waals surface area contributed by atoms with Gasteiger partial charge in [-0.15, -0.1) is 0 Å². The van der Waals surface area contributed by atoms with Crippen LogP contribution >= 0.6 is 22.6 Å². The number of benzene rings is 2. The monoisotopic (exact) mass is 404 g/mol. The molecule has 1 saturated heterocycles. The van der Waals surface area contributed by atoms with Gasteiger partial charge in [-0.2, -0.15) is 0 Å². The molecule has 0 radical (unpaired) electrons. The maximum absolute atomic E-state index is 5.25. The van der Waals surface area contributed by atoms with Crippen molar-refractivity contribution in [1.29, 1.82) is 0 Å². The van der Waals surface area contributed by atoms with Crippen LogP contribution in [-0.4, -0.2) is 29.9 Å². The minimum absolute atomic E-state index is 0.256. The van der Waals surface area contributed by atoms with Crippen molar-refractivity contribution < 1.29 is 4.74 Å². The largest absolute Gasteiger partial charge is 0.497 e. The molecule has 2 heterocycles. The Morgan fingerprint density at radius 3 is 2.32 bits per heavy atom. The van der Waals surface area contributed by atoms with Crippen molar-refractivity contribution in [1.82, 2.24) is 4.90 Å². The fourth-order valence-corrected chi connectivity index (χ4v) is 3.73. The van der Waals surface area contributed by atoms with E-state index in [1.807, 2.05) is 12.1 Å². The summed E-state index contributed by atoms with van der Waals surface area (Å²) < 4.78 is 6.50. The molecule has 2 aliphatic heterocycles. The molecule has 0 amide bonds. The summed E-state index contributed by atoms with van der Waals surface area (Å²) in [7, 11) is 1.70. The Bertz CT molecular complexity index is 724. The molecule has 4 atom stereocenters. The van der Waals surface area contributed by atoms with Gasteiger partial charge < -0.3 is 4.74 Å². The third-order valence-electron chi connectivity index (χ3n) is 4.49. The number of fused-ring (bicyclic) bond motifs is 1. The minimum Gasteiger partial charge on any atom is -0.497 e. The molecular weight excluding hydrogens is 387 g/mol. The number of hydrogen-bond acceptors (Lipinski definition) is 3. The van der Waals surface area contributed by atoms with Crippen LogP contribution in [0.2, 0.25) is 0 Å². The lowest BCUT2D eigenvalue weighted by atomic mass is 10.0.